The number of benzene rings is 4. The van der Waals surface area contributed by atoms with Gasteiger partial charge in [0.1, 0.15) is 5.25 Å². The number of hydrogen-bond donors (Lipinski definition) is 2. The number of carbonyl (C=O) groups excluding carboxylic acids is 2. The molecule has 0 saturated carbocycles. The standard InChI is InChI=1S/C27H20ClN3O4S/c28-20-8-4-7-19(17-20)26(32)29-22-11-15-24(16-12-22)36-25(18-5-2-1-3-6-18)27(33)30-21-9-13-23(14-10-21)31(34)35/h1-17,25H,(H,29,32)(H,30,33). The number of nitrogens with zero attached hydrogens (tertiary/aromatic N) is 1. The van der Waals surface area contributed by atoms with Crippen molar-refractivity contribution in [1.29, 1.82) is 0 Å². The quantitative estimate of drug-likeness (QED) is 0.149. The van der Waals surface area contributed by atoms with Crippen LogP contribution in [0.15, 0.2) is 108 Å². The van der Waals surface area contributed by atoms with E-state index in [1.807, 2.05) is 42.5 Å². The highest BCUT2D eigenvalue weighted by Gasteiger charge is 2.22. The number of thioether (sulfide) groups is 1. The Balaban J connectivity index is 1.48. The number of non-ortho nitro benzene ring substituents is 1. The molecule has 0 aliphatic carbocycles. The normalized spacial score (nSPS) is 11.4. The van der Waals surface area contributed by atoms with Gasteiger partial charge in [-0.3, -0.25) is 19.7 Å². The van der Waals surface area contributed by atoms with Crippen LogP contribution in [0.1, 0.15) is 21.2 Å². The smallest absolute Gasteiger partial charge is 0.269 e. The van der Waals surface area contributed by atoms with Crippen molar-refractivity contribution >= 4 is 52.2 Å². The van der Waals surface area contributed by atoms with E-state index in [2.05, 4.69) is 10.6 Å². The highest BCUT2D eigenvalue weighted by molar-refractivity contribution is 8.00. The first-order valence-corrected chi connectivity index (χ1v) is 12.1. The maximum Gasteiger partial charge on any atom is 0.269 e. The molecule has 4 aromatic carbocycles. The van der Waals surface area contributed by atoms with Crippen LogP contribution >= 0.6 is 23.4 Å². The van der Waals surface area contributed by atoms with Gasteiger partial charge in [-0.15, -0.1) is 11.8 Å². The molecule has 0 radical (unpaired) electrons. The van der Waals surface area contributed by atoms with Crippen LogP contribution in [0.3, 0.4) is 0 Å². The SMILES string of the molecule is O=C(Nc1ccc(SC(C(=O)Nc2ccc([N+](=O)[O-])cc2)c2ccccc2)cc1)c1cccc(Cl)c1. The summed E-state index contributed by atoms with van der Waals surface area (Å²) in [7, 11) is 0. The van der Waals surface area contributed by atoms with Crippen LogP contribution in [0.2, 0.25) is 5.02 Å². The first kappa shape index (κ1) is 25.0. The molecule has 0 aromatic heterocycles. The second-order valence-corrected chi connectivity index (χ2v) is 9.31. The van der Waals surface area contributed by atoms with Gasteiger partial charge >= 0.3 is 0 Å². The van der Waals surface area contributed by atoms with E-state index in [0.29, 0.717) is 22.0 Å². The van der Waals surface area contributed by atoms with Gasteiger partial charge in [-0.2, -0.15) is 0 Å². The van der Waals surface area contributed by atoms with Gasteiger partial charge in [0, 0.05) is 39.0 Å². The molecule has 1 atom stereocenters. The number of nitro groups is 1. The van der Waals surface area contributed by atoms with Crippen molar-refractivity contribution in [3.8, 4) is 0 Å². The predicted molar refractivity (Wildman–Crippen MR) is 143 cm³/mol. The minimum atomic E-state index is -0.576. The van der Waals surface area contributed by atoms with Crippen molar-refractivity contribution < 1.29 is 14.5 Å². The maximum atomic E-state index is 13.2. The van der Waals surface area contributed by atoms with Gasteiger partial charge in [0.2, 0.25) is 5.91 Å². The molecule has 1 unspecified atom stereocenters. The van der Waals surface area contributed by atoms with Crippen LogP contribution in [0, 0.1) is 10.1 Å². The molecule has 2 amide bonds. The van der Waals surface area contributed by atoms with E-state index in [4.69, 9.17) is 11.6 Å². The third kappa shape index (κ3) is 6.50. The summed E-state index contributed by atoms with van der Waals surface area (Å²) in [5.41, 5.74) is 2.28. The molecule has 0 aliphatic heterocycles. The lowest BCUT2D eigenvalue weighted by molar-refractivity contribution is -0.384. The summed E-state index contributed by atoms with van der Waals surface area (Å²) >= 11 is 7.32. The highest BCUT2D eigenvalue weighted by atomic mass is 35.5. The molecule has 0 saturated heterocycles. The monoisotopic (exact) mass is 517 g/mol. The van der Waals surface area contributed by atoms with Crippen LogP contribution in [-0.2, 0) is 4.79 Å². The van der Waals surface area contributed by atoms with E-state index in [9.17, 15) is 19.7 Å². The van der Waals surface area contributed by atoms with Gasteiger partial charge in [0.25, 0.3) is 11.6 Å². The molecular formula is C27H20ClN3O4S. The van der Waals surface area contributed by atoms with E-state index in [-0.39, 0.29) is 17.5 Å². The Morgan fingerprint density at radius 3 is 2.08 bits per heavy atom. The van der Waals surface area contributed by atoms with Gasteiger partial charge in [-0.05, 0) is 60.2 Å². The van der Waals surface area contributed by atoms with Crippen molar-refractivity contribution in [2.45, 2.75) is 10.1 Å². The Kier molecular flexibility index (Phi) is 7.99. The molecule has 7 nitrogen and oxygen atoms in total. The molecule has 4 rings (SSSR count). The third-order valence-corrected chi connectivity index (χ3v) is 6.64. The summed E-state index contributed by atoms with van der Waals surface area (Å²) in [4.78, 5) is 36.9. The van der Waals surface area contributed by atoms with Gasteiger partial charge < -0.3 is 10.6 Å². The zero-order valence-electron chi connectivity index (χ0n) is 18.8. The first-order chi connectivity index (χ1) is 17.4. The topological polar surface area (TPSA) is 101 Å². The molecule has 0 heterocycles. The Morgan fingerprint density at radius 2 is 1.44 bits per heavy atom. The van der Waals surface area contributed by atoms with Crippen LogP contribution in [0.5, 0.6) is 0 Å². The van der Waals surface area contributed by atoms with E-state index in [1.165, 1.54) is 36.0 Å². The Bertz CT molecular complexity index is 1380. The lowest BCUT2D eigenvalue weighted by Crippen LogP contribution is -2.19. The fourth-order valence-electron chi connectivity index (χ4n) is 3.36. The zero-order valence-corrected chi connectivity index (χ0v) is 20.3. The number of rotatable bonds is 8. The maximum absolute atomic E-state index is 13.2. The molecular weight excluding hydrogens is 498 g/mol. The molecule has 0 bridgehead atoms. The van der Waals surface area contributed by atoms with E-state index >= 15 is 0 Å². The number of amides is 2. The lowest BCUT2D eigenvalue weighted by atomic mass is 10.1. The zero-order chi connectivity index (χ0) is 25.5. The molecule has 180 valence electrons. The lowest BCUT2D eigenvalue weighted by Gasteiger charge is -2.17. The number of nitrogens with one attached hydrogen (secondary N) is 2. The van der Waals surface area contributed by atoms with E-state index < -0.39 is 10.2 Å². The average Bonchev–Trinajstić information content (AvgIpc) is 2.89. The molecule has 36 heavy (non-hydrogen) atoms. The van der Waals surface area contributed by atoms with Gasteiger partial charge in [0.15, 0.2) is 0 Å². The summed E-state index contributed by atoms with van der Waals surface area (Å²) < 4.78 is 0. The predicted octanol–water partition coefficient (Wildman–Crippen LogP) is 6.97. The van der Waals surface area contributed by atoms with Gasteiger partial charge in [-0.25, -0.2) is 0 Å². The molecule has 0 aliphatic rings. The van der Waals surface area contributed by atoms with E-state index in [0.717, 1.165) is 10.5 Å². The second-order valence-electron chi connectivity index (χ2n) is 7.69. The molecule has 0 fully saturated rings. The Morgan fingerprint density at radius 1 is 0.806 bits per heavy atom. The average molecular weight is 518 g/mol. The van der Waals surface area contributed by atoms with Crippen molar-refractivity contribution in [2.24, 2.45) is 0 Å². The number of nitro benzene ring substituents is 1. The van der Waals surface area contributed by atoms with Crippen molar-refractivity contribution in [2.75, 3.05) is 10.6 Å². The minimum Gasteiger partial charge on any atom is -0.325 e. The molecule has 0 spiro atoms. The molecule has 9 heteroatoms. The van der Waals surface area contributed by atoms with Crippen LogP contribution in [0.25, 0.3) is 0 Å². The number of hydrogen-bond acceptors (Lipinski definition) is 5. The number of anilines is 2. The number of halogens is 1. The van der Waals surface area contributed by atoms with Crippen LogP contribution in [0.4, 0.5) is 17.1 Å². The summed E-state index contributed by atoms with van der Waals surface area (Å²) in [6.07, 6.45) is 0. The Hall–Kier alpha value is -4.14. The molecule has 4 aromatic rings. The van der Waals surface area contributed by atoms with Gasteiger partial charge in [-0.1, -0.05) is 48.0 Å². The fraction of sp³-hybridized carbons (Fsp3) is 0.0370. The minimum absolute atomic E-state index is 0.0514. The van der Waals surface area contributed by atoms with Crippen molar-refractivity contribution in [3.05, 3.63) is 129 Å². The van der Waals surface area contributed by atoms with Crippen LogP contribution < -0.4 is 10.6 Å². The summed E-state index contributed by atoms with van der Waals surface area (Å²) in [6.45, 7) is 0. The summed E-state index contributed by atoms with van der Waals surface area (Å²) in [5, 5.41) is 16.5. The summed E-state index contributed by atoms with van der Waals surface area (Å²) in [6, 6.07) is 28.9. The van der Waals surface area contributed by atoms with Gasteiger partial charge in [0.05, 0.1) is 4.92 Å². The highest BCUT2D eigenvalue weighted by Crippen LogP contribution is 2.37. The second kappa shape index (κ2) is 11.5. The van der Waals surface area contributed by atoms with Crippen molar-refractivity contribution in [1.82, 2.24) is 0 Å². The van der Waals surface area contributed by atoms with Crippen molar-refractivity contribution in [3.63, 3.8) is 0 Å². The first-order valence-electron chi connectivity index (χ1n) is 10.8. The van der Waals surface area contributed by atoms with E-state index in [1.54, 1.807) is 36.4 Å². The number of carbonyl (C=O) groups is 2. The summed E-state index contributed by atoms with van der Waals surface area (Å²) in [5.74, 6) is -0.541. The fourth-order valence-corrected chi connectivity index (χ4v) is 4.58. The Labute approximate surface area is 216 Å². The largest absolute Gasteiger partial charge is 0.325 e. The third-order valence-electron chi connectivity index (χ3n) is 5.14. The molecule has 2 N–H and O–H groups in total. The van der Waals surface area contributed by atoms with Crippen LogP contribution in [-0.4, -0.2) is 16.7 Å².